The molecule has 3 rings (SSSR count). The van der Waals surface area contributed by atoms with E-state index in [-0.39, 0.29) is 6.04 Å². The molecule has 2 N–H and O–H groups in total. The molecule has 0 spiro atoms. The van der Waals surface area contributed by atoms with E-state index in [0.717, 1.165) is 16.9 Å². The van der Waals surface area contributed by atoms with E-state index in [4.69, 9.17) is 10.5 Å². The SMILES string of the molecule is Cc1ccc2c(c1)C(N)c1ccccc1CO2. The molecule has 2 aromatic rings. The Bertz CT molecular complexity index is 563. The summed E-state index contributed by atoms with van der Waals surface area (Å²) in [5.74, 6) is 0.902. The van der Waals surface area contributed by atoms with Crippen LogP contribution in [0.2, 0.25) is 0 Å². The van der Waals surface area contributed by atoms with Crippen molar-refractivity contribution in [1.29, 1.82) is 0 Å². The molecule has 0 saturated heterocycles. The molecule has 0 radical (unpaired) electrons. The number of rotatable bonds is 0. The van der Waals surface area contributed by atoms with Crippen molar-refractivity contribution in [3.8, 4) is 5.75 Å². The molecule has 1 atom stereocenters. The molecule has 0 aromatic heterocycles. The van der Waals surface area contributed by atoms with Crippen LogP contribution in [-0.2, 0) is 6.61 Å². The molecule has 2 aromatic carbocycles. The van der Waals surface area contributed by atoms with Gasteiger partial charge in [-0.1, -0.05) is 42.0 Å². The Hall–Kier alpha value is -1.80. The van der Waals surface area contributed by atoms with Crippen LogP contribution >= 0.6 is 0 Å². The number of ether oxygens (including phenoxy) is 1. The zero-order valence-electron chi connectivity index (χ0n) is 9.81. The van der Waals surface area contributed by atoms with Gasteiger partial charge in [0.15, 0.2) is 0 Å². The molecule has 0 amide bonds. The molecule has 1 aliphatic heterocycles. The molecule has 1 heterocycles. The summed E-state index contributed by atoms with van der Waals surface area (Å²) in [6.07, 6.45) is 0. The first-order chi connectivity index (χ1) is 8.25. The molecule has 0 bridgehead atoms. The van der Waals surface area contributed by atoms with Crippen LogP contribution in [0.15, 0.2) is 42.5 Å². The van der Waals surface area contributed by atoms with Gasteiger partial charge in [0.1, 0.15) is 12.4 Å². The Morgan fingerprint density at radius 3 is 2.82 bits per heavy atom. The van der Waals surface area contributed by atoms with Gasteiger partial charge in [0.2, 0.25) is 0 Å². The molecule has 2 heteroatoms. The van der Waals surface area contributed by atoms with Crippen LogP contribution in [0.4, 0.5) is 0 Å². The molecule has 2 nitrogen and oxygen atoms in total. The standard InChI is InChI=1S/C15H15NO/c1-10-6-7-14-13(8-10)15(16)12-5-3-2-4-11(12)9-17-14/h2-8,15H,9,16H2,1H3. The fraction of sp³-hybridized carbons (Fsp3) is 0.200. The molecule has 17 heavy (non-hydrogen) atoms. The summed E-state index contributed by atoms with van der Waals surface area (Å²) in [6, 6.07) is 14.3. The molecule has 1 aliphatic rings. The summed E-state index contributed by atoms with van der Waals surface area (Å²) in [5, 5.41) is 0. The largest absolute Gasteiger partial charge is 0.489 e. The molecular formula is C15H15NO. The van der Waals surface area contributed by atoms with E-state index in [1.54, 1.807) is 0 Å². The maximum absolute atomic E-state index is 6.35. The van der Waals surface area contributed by atoms with Gasteiger partial charge in [-0.15, -0.1) is 0 Å². The Morgan fingerprint density at radius 2 is 1.94 bits per heavy atom. The number of fused-ring (bicyclic) bond motifs is 2. The van der Waals surface area contributed by atoms with Gasteiger partial charge < -0.3 is 10.5 Å². The van der Waals surface area contributed by atoms with Crippen LogP contribution in [-0.4, -0.2) is 0 Å². The normalized spacial score (nSPS) is 17.6. The van der Waals surface area contributed by atoms with Crippen LogP contribution in [0.5, 0.6) is 5.75 Å². The van der Waals surface area contributed by atoms with Crippen molar-refractivity contribution in [1.82, 2.24) is 0 Å². The first-order valence-electron chi connectivity index (χ1n) is 5.82. The van der Waals surface area contributed by atoms with Gasteiger partial charge in [0.25, 0.3) is 0 Å². The average Bonchev–Trinajstić information content (AvgIpc) is 2.49. The van der Waals surface area contributed by atoms with E-state index in [1.165, 1.54) is 11.1 Å². The molecule has 86 valence electrons. The summed E-state index contributed by atoms with van der Waals surface area (Å²) in [7, 11) is 0. The van der Waals surface area contributed by atoms with Gasteiger partial charge in [-0.05, 0) is 24.1 Å². The number of nitrogens with two attached hydrogens (primary N) is 1. The van der Waals surface area contributed by atoms with Crippen molar-refractivity contribution in [3.63, 3.8) is 0 Å². The van der Waals surface area contributed by atoms with E-state index in [9.17, 15) is 0 Å². The lowest BCUT2D eigenvalue weighted by Crippen LogP contribution is -2.12. The highest BCUT2D eigenvalue weighted by molar-refractivity contribution is 5.47. The lowest BCUT2D eigenvalue weighted by atomic mass is 9.95. The maximum atomic E-state index is 6.35. The van der Waals surface area contributed by atoms with Gasteiger partial charge in [-0.25, -0.2) is 0 Å². The van der Waals surface area contributed by atoms with E-state index >= 15 is 0 Å². The monoisotopic (exact) mass is 225 g/mol. The van der Waals surface area contributed by atoms with Gasteiger partial charge in [0.05, 0.1) is 6.04 Å². The highest BCUT2D eigenvalue weighted by Gasteiger charge is 2.20. The zero-order chi connectivity index (χ0) is 11.8. The highest BCUT2D eigenvalue weighted by Crippen LogP contribution is 2.34. The maximum Gasteiger partial charge on any atom is 0.124 e. The van der Waals surface area contributed by atoms with E-state index in [0.29, 0.717) is 6.61 Å². The van der Waals surface area contributed by atoms with Crippen molar-refractivity contribution in [2.75, 3.05) is 0 Å². The Balaban J connectivity index is 2.18. The molecule has 0 aliphatic carbocycles. The summed E-state index contributed by atoms with van der Waals surface area (Å²) in [6.45, 7) is 2.67. The van der Waals surface area contributed by atoms with E-state index in [2.05, 4.69) is 31.2 Å². The summed E-state index contributed by atoms with van der Waals surface area (Å²) >= 11 is 0. The smallest absolute Gasteiger partial charge is 0.124 e. The zero-order valence-corrected chi connectivity index (χ0v) is 9.81. The van der Waals surface area contributed by atoms with Crippen LogP contribution in [0.1, 0.15) is 28.3 Å². The molecule has 1 unspecified atom stereocenters. The van der Waals surface area contributed by atoms with Crippen LogP contribution in [0, 0.1) is 6.92 Å². The minimum atomic E-state index is -0.0939. The topological polar surface area (TPSA) is 35.2 Å². The molecule has 0 fully saturated rings. The van der Waals surface area contributed by atoms with Crippen LogP contribution in [0.3, 0.4) is 0 Å². The summed E-state index contributed by atoms with van der Waals surface area (Å²) < 4.78 is 5.82. The molecule has 0 saturated carbocycles. The van der Waals surface area contributed by atoms with Gasteiger partial charge in [-0.2, -0.15) is 0 Å². The first-order valence-corrected chi connectivity index (χ1v) is 5.82. The Kier molecular flexibility index (Phi) is 2.37. The quantitative estimate of drug-likeness (QED) is 0.748. The predicted octanol–water partition coefficient (Wildman–Crippen LogP) is 2.94. The number of benzene rings is 2. The van der Waals surface area contributed by atoms with Gasteiger partial charge >= 0.3 is 0 Å². The third-order valence-corrected chi connectivity index (χ3v) is 3.27. The average molecular weight is 225 g/mol. The van der Waals surface area contributed by atoms with Crippen LogP contribution in [0.25, 0.3) is 0 Å². The Morgan fingerprint density at radius 1 is 1.12 bits per heavy atom. The predicted molar refractivity (Wildman–Crippen MR) is 68.0 cm³/mol. The number of hydrogen-bond acceptors (Lipinski definition) is 2. The minimum Gasteiger partial charge on any atom is -0.489 e. The third-order valence-electron chi connectivity index (χ3n) is 3.27. The van der Waals surface area contributed by atoms with Crippen molar-refractivity contribution in [3.05, 3.63) is 64.7 Å². The minimum absolute atomic E-state index is 0.0939. The van der Waals surface area contributed by atoms with Crippen LogP contribution < -0.4 is 10.5 Å². The fourth-order valence-corrected chi connectivity index (χ4v) is 2.33. The second-order valence-electron chi connectivity index (χ2n) is 4.51. The van der Waals surface area contributed by atoms with Crippen molar-refractivity contribution in [2.45, 2.75) is 19.6 Å². The fourth-order valence-electron chi connectivity index (χ4n) is 2.33. The molecular weight excluding hydrogens is 210 g/mol. The number of hydrogen-bond donors (Lipinski definition) is 1. The third kappa shape index (κ3) is 1.71. The van der Waals surface area contributed by atoms with Gasteiger partial charge in [-0.3, -0.25) is 0 Å². The summed E-state index contributed by atoms with van der Waals surface area (Å²) in [5.41, 5.74) is 11.0. The second-order valence-corrected chi connectivity index (χ2v) is 4.51. The lowest BCUT2D eigenvalue weighted by Gasteiger charge is -2.14. The van der Waals surface area contributed by atoms with Crippen molar-refractivity contribution in [2.24, 2.45) is 5.73 Å². The van der Waals surface area contributed by atoms with Crippen molar-refractivity contribution >= 4 is 0 Å². The Labute approximate surface area is 101 Å². The number of aryl methyl sites for hydroxylation is 1. The van der Waals surface area contributed by atoms with Gasteiger partial charge in [0, 0.05) is 5.56 Å². The first kappa shape index (κ1) is 10.4. The van der Waals surface area contributed by atoms with Crippen molar-refractivity contribution < 1.29 is 4.74 Å². The second kappa shape index (κ2) is 3.90. The van der Waals surface area contributed by atoms with E-state index in [1.807, 2.05) is 18.2 Å². The van der Waals surface area contributed by atoms with E-state index < -0.39 is 0 Å². The summed E-state index contributed by atoms with van der Waals surface area (Å²) in [4.78, 5) is 0. The lowest BCUT2D eigenvalue weighted by molar-refractivity contribution is 0.306. The highest BCUT2D eigenvalue weighted by atomic mass is 16.5.